The monoisotopic (exact) mass is 535 g/mol. The molecule has 0 aromatic heterocycles. The van der Waals surface area contributed by atoms with Gasteiger partial charge in [-0.05, 0) is 47.9 Å². The summed E-state index contributed by atoms with van der Waals surface area (Å²) >= 11 is 0. The van der Waals surface area contributed by atoms with Crippen molar-refractivity contribution in [3.05, 3.63) is 77.9 Å². The Bertz CT molecular complexity index is 1240. The number of rotatable bonds is 12. The molecular formula is C29H33N3O7. The van der Waals surface area contributed by atoms with Crippen molar-refractivity contribution in [2.45, 2.75) is 26.4 Å². The number of ether oxygens (including phenoxy) is 4. The van der Waals surface area contributed by atoms with Gasteiger partial charge in [0.2, 0.25) is 17.6 Å². The van der Waals surface area contributed by atoms with Crippen LogP contribution in [-0.2, 0) is 16.2 Å². The molecule has 3 amide bonds. The predicted molar refractivity (Wildman–Crippen MR) is 146 cm³/mol. The molecule has 3 aromatic carbocycles. The average molecular weight is 536 g/mol. The molecule has 0 radical (unpaired) electrons. The van der Waals surface area contributed by atoms with Crippen LogP contribution in [0.4, 0.5) is 5.69 Å². The van der Waals surface area contributed by atoms with E-state index in [1.165, 1.54) is 33.5 Å². The summed E-state index contributed by atoms with van der Waals surface area (Å²) < 4.78 is 21.5. The molecule has 0 aliphatic heterocycles. The number of hydrogen-bond acceptors (Lipinski definition) is 7. The molecule has 39 heavy (non-hydrogen) atoms. The molecule has 0 aliphatic rings. The Hall–Kier alpha value is -4.73. The molecule has 0 aliphatic carbocycles. The van der Waals surface area contributed by atoms with Gasteiger partial charge in [0.1, 0.15) is 12.4 Å². The summed E-state index contributed by atoms with van der Waals surface area (Å²) in [6.07, 6.45) is 0.162. The highest BCUT2D eigenvalue weighted by atomic mass is 16.5. The van der Waals surface area contributed by atoms with Gasteiger partial charge in [-0.3, -0.25) is 25.2 Å². The van der Waals surface area contributed by atoms with Crippen LogP contribution < -0.4 is 35.1 Å². The smallest absolute Gasteiger partial charge is 0.269 e. The van der Waals surface area contributed by atoms with Crippen LogP contribution in [0.15, 0.2) is 66.7 Å². The minimum atomic E-state index is -0.566. The van der Waals surface area contributed by atoms with E-state index in [4.69, 9.17) is 18.9 Å². The van der Waals surface area contributed by atoms with Crippen LogP contribution in [0.25, 0.3) is 0 Å². The quantitative estimate of drug-likeness (QED) is 0.298. The zero-order valence-corrected chi connectivity index (χ0v) is 22.4. The summed E-state index contributed by atoms with van der Waals surface area (Å²) in [6.45, 7) is 2.23. The second-order valence-corrected chi connectivity index (χ2v) is 8.78. The summed E-state index contributed by atoms with van der Waals surface area (Å²) in [5, 5.41) is 2.82. The molecule has 1 atom stereocenters. The Morgan fingerprint density at radius 3 is 1.97 bits per heavy atom. The van der Waals surface area contributed by atoms with Crippen LogP contribution in [0.5, 0.6) is 23.0 Å². The molecule has 10 nitrogen and oxygen atoms in total. The maximum atomic E-state index is 12.5. The number of carbonyl (C=O) groups is 3. The highest BCUT2D eigenvalue weighted by molar-refractivity contribution is 5.97. The molecule has 0 fully saturated rings. The molecule has 206 valence electrons. The number of benzene rings is 3. The zero-order valence-electron chi connectivity index (χ0n) is 22.4. The Kier molecular flexibility index (Phi) is 10.6. The lowest BCUT2D eigenvalue weighted by molar-refractivity contribution is -0.123. The topological polar surface area (TPSA) is 124 Å². The van der Waals surface area contributed by atoms with Gasteiger partial charge in [0.05, 0.1) is 21.3 Å². The molecule has 0 saturated carbocycles. The Labute approximate surface area is 227 Å². The van der Waals surface area contributed by atoms with Crippen molar-refractivity contribution in [2.75, 3.05) is 26.6 Å². The maximum Gasteiger partial charge on any atom is 0.269 e. The summed E-state index contributed by atoms with van der Waals surface area (Å²) in [6, 6.07) is 19.9. The Balaban J connectivity index is 1.42. The molecule has 1 unspecified atom stereocenters. The zero-order chi connectivity index (χ0) is 28.2. The van der Waals surface area contributed by atoms with Crippen LogP contribution in [0.2, 0.25) is 0 Å². The highest BCUT2D eigenvalue weighted by Crippen LogP contribution is 2.38. The van der Waals surface area contributed by atoms with E-state index < -0.39 is 11.8 Å². The Morgan fingerprint density at radius 2 is 1.38 bits per heavy atom. The normalized spacial score (nSPS) is 11.1. The third kappa shape index (κ3) is 8.67. The largest absolute Gasteiger partial charge is 0.493 e. The number of anilines is 1. The number of hydrogen-bond donors (Lipinski definition) is 3. The second kappa shape index (κ2) is 14.3. The van der Waals surface area contributed by atoms with Crippen molar-refractivity contribution >= 4 is 23.4 Å². The van der Waals surface area contributed by atoms with Gasteiger partial charge in [-0.1, -0.05) is 37.3 Å². The second-order valence-electron chi connectivity index (χ2n) is 8.78. The van der Waals surface area contributed by atoms with Gasteiger partial charge in [0.25, 0.3) is 5.91 Å². The van der Waals surface area contributed by atoms with Gasteiger partial charge in [0.15, 0.2) is 11.5 Å². The standard InChI is InChI=1S/C29H33N3O7/c1-19(14-26(33)30-22-10-12-23(13-11-22)39-18-20-8-6-5-7-9-20)15-27(34)31-32-29(35)21-16-24(36-2)28(38-4)25(17-21)37-3/h5-13,16-17,19H,14-15,18H2,1-4H3,(H,30,33)(H,31,34)(H,32,35). The molecular weight excluding hydrogens is 502 g/mol. The van der Waals surface area contributed by atoms with E-state index in [9.17, 15) is 14.4 Å². The van der Waals surface area contributed by atoms with E-state index in [2.05, 4.69) is 16.2 Å². The first-order chi connectivity index (χ1) is 18.8. The summed E-state index contributed by atoms with van der Waals surface area (Å²) in [5.41, 5.74) is 6.62. The first-order valence-corrected chi connectivity index (χ1v) is 12.3. The fourth-order valence-corrected chi connectivity index (χ4v) is 3.75. The third-order valence-corrected chi connectivity index (χ3v) is 5.70. The number of carbonyl (C=O) groups excluding carboxylic acids is 3. The van der Waals surface area contributed by atoms with Crippen molar-refractivity contribution < 1.29 is 33.3 Å². The predicted octanol–water partition coefficient (Wildman–Crippen LogP) is 4.11. The van der Waals surface area contributed by atoms with Gasteiger partial charge >= 0.3 is 0 Å². The van der Waals surface area contributed by atoms with E-state index in [0.717, 1.165) is 5.56 Å². The first-order valence-electron chi connectivity index (χ1n) is 12.3. The van der Waals surface area contributed by atoms with E-state index in [1.54, 1.807) is 31.2 Å². The molecule has 10 heteroatoms. The molecule has 0 bridgehead atoms. The van der Waals surface area contributed by atoms with E-state index in [0.29, 0.717) is 35.3 Å². The molecule has 3 aromatic rings. The van der Waals surface area contributed by atoms with Crippen molar-refractivity contribution in [1.82, 2.24) is 10.9 Å². The third-order valence-electron chi connectivity index (χ3n) is 5.70. The van der Waals surface area contributed by atoms with Crippen LogP contribution in [0, 0.1) is 5.92 Å². The summed E-state index contributed by atoms with van der Waals surface area (Å²) in [5.74, 6) is 0.159. The number of methoxy groups -OCH3 is 3. The van der Waals surface area contributed by atoms with Gasteiger partial charge in [-0.15, -0.1) is 0 Å². The lowest BCUT2D eigenvalue weighted by atomic mass is 10.0. The fourth-order valence-electron chi connectivity index (χ4n) is 3.75. The minimum absolute atomic E-state index is 0.0369. The Morgan fingerprint density at radius 1 is 0.769 bits per heavy atom. The van der Waals surface area contributed by atoms with Gasteiger partial charge < -0.3 is 24.3 Å². The highest BCUT2D eigenvalue weighted by Gasteiger charge is 2.18. The number of hydrazine groups is 1. The summed E-state index contributed by atoms with van der Waals surface area (Å²) in [7, 11) is 4.34. The summed E-state index contributed by atoms with van der Waals surface area (Å²) in [4.78, 5) is 37.3. The average Bonchev–Trinajstić information content (AvgIpc) is 2.95. The van der Waals surface area contributed by atoms with Gasteiger partial charge in [0, 0.05) is 24.1 Å². The lowest BCUT2D eigenvalue weighted by Gasteiger charge is -2.15. The van der Waals surface area contributed by atoms with Crippen molar-refractivity contribution in [3.8, 4) is 23.0 Å². The van der Waals surface area contributed by atoms with E-state index in [-0.39, 0.29) is 30.2 Å². The number of amides is 3. The van der Waals surface area contributed by atoms with Crippen LogP contribution in [0.3, 0.4) is 0 Å². The first kappa shape index (κ1) is 28.8. The van der Waals surface area contributed by atoms with Crippen molar-refractivity contribution in [1.29, 1.82) is 0 Å². The SMILES string of the molecule is COc1cc(C(=O)NNC(=O)CC(C)CC(=O)Nc2ccc(OCc3ccccc3)cc2)cc(OC)c1OC. The molecule has 3 rings (SSSR count). The lowest BCUT2D eigenvalue weighted by Crippen LogP contribution is -2.42. The van der Waals surface area contributed by atoms with Crippen LogP contribution in [-0.4, -0.2) is 39.1 Å². The van der Waals surface area contributed by atoms with Crippen LogP contribution in [0.1, 0.15) is 35.7 Å². The van der Waals surface area contributed by atoms with Crippen molar-refractivity contribution in [3.63, 3.8) is 0 Å². The number of nitrogens with one attached hydrogen (secondary N) is 3. The van der Waals surface area contributed by atoms with Crippen LogP contribution >= 0.6 is 0 Å². The minimum Gasteiger partial charge on any atom is -0.493 e. The van der Waals surface area contributed by atoms with Gasteiger partial charge in [-0.2, -0.15) is 0 Å². The van der Waals surface area contributed by atoms with E-state index >= 15 is 0 Å². The van der Waals surface area contributed by atoms with Crippen molar-refractivity contribution in [2.24, 2.45) is 5.92 Å². The molecule has 3 N–H and O–H groups in total. The molecule has 0 spiro atoms. The molecule has 0 heterocycles. The van der Waals surface area contributed by atoms with E-state index in [1.807, 2.05) is 30.3 Å². The molecule has 0 saturated heterocycles. The maximum absolute atomic E-state index is 12.5. The fraction of sp³-hybridized carbons (Fsp3) is 0.276. The van der Waals surface area contributed by atoms with Gasteiger partial charge in [-0.25, -0.2) is 0 Å².